The first kappa shape index (κ1) is 10.8. The summed E-state index contributed by atoms with van der Waals surface area (Å²) in [6.45, 7) is 1.95. The molecule has 4 nitrogen and oxygen atoms in total. The van der Waals surface area contributed by atoms with Gasteiger partial charge in [0.15, 0.2) is 11.5 Å². The second-order valence-electron chi connectivity index (χ2n) is 2.55. The van der Waals surface area contributed by atoms with Crippen molar-refractivity contribution in [2.24, 2.45) is 0 Å². The number of carbonyl (C=O) groups excluding carboxylic acids is 1. The largest absolute Gasteiger partial charge is 0.504 e. The molecule has 0 aliphatic rings. The number of ether oxygens (including phenoxy) is 1. The quantitative estimate of drug-likeness (QED) is 0.631. The number of phenols is 2. The first-order chi connectivity index (χ1) is 6.56. The fraction of sp³-hybridized carbons (Fsp3) is 0.222. The average Bonchev–Trinajstić information content (AvgIpc) is 2.13. The van der Waals surface area contributed by atoms with Gasteiger partial charge in [-0.05, 0) is 35.0 Å². The van der Waals surface area contributed by atoms with Crippen LogP contribution in [0.4, 0.5) is 0 Å². The van der Waals surface area contributed by atoms with E-state index >= 15 is 0 Å². The van der Waals surface area contributed by atoms with Crippen molar-refractivity contribution in [3.05, 3.63) is 22.2 Å². The molecule has 0 bridgehead atoms. The van der Waals surface area contributed by atoms with Crippen molar-refractivity contribution in [1.29, 1.82) is 0 Å². The number of halogens is 1. The van der Waals surface area contributed by atoms with Crippen LogP contribution in [0.1, 0.15) is 17.3 Å². The minimum atomic E-state index is -0.538. The lowest BCUT2D eigenvalue weighted by Crippen LogP contribution is -2.04. The van der Waals surface area contributed by atoms with Gasteiger partial charge in [-0.3, -0.25) is 0 Å². The van der Waals surface area contributed by atoms with Crippen LogP contribution in [0.5, 0.6) is 11.5 Å². The lowest BCUT2D eigenvalue weighted by Gasteiger charge is -2.05. The van der Waals surface area contributed by atoms with E-state index in [4.69, 9.17) is 4.74 Å². The van der Waals surface area contributed by atoms with Crippen LogP contribution >= 0.6 is 15.9 Å². The van der Waals surface area contributed by atoms with Crippen molar-refractivity contribution in [3.63, 3.8) is 0 Å². The fourth-order valence-electron chi connectivity index (χ4n) is 0.917. The SMILES string of the molecule is CCOC(=O)c1cc(O)c(O)c(Br)c1. The predicted molar refractivity (Wildman–Crippen MR) is 53.4 cm³/mol. The highest BCUT2D eigenvalue weighted by Crippen LogP contribution is 2.34. The Morgan fingerprint density at radius 2 is 2.14 bits per heavy atom. The second-order valence-corrected chi connectivity index (χ2v) is 3.40. The standard InChI is InChI=1S/C9H9BrO4/c1-2-14-9(13)5-3-6(10)8(12)7(11)4-5/h3-4,11-12H,2H2,1H3. The minimum Gasteiger partial charge on any atom is -0.504 e. The van der Waals surface area contributed by atoms with Gasteiger partial charge in [-0.1, -0.05) is 0 Å². The molecule has 0 radical (unpaired) electrons. The van der Waals surface area contributed by atoms with Gasteiger partial charge in [-0.25, -0.2) is 4.79 Å². The van der Waals surface area contributed by atoms with E-state index in [0.29, 0.717) is 0 Å². The van der Waals surface area contributed by atoms with E-state index in [2.05, 4.69) is 15.9 Å². The molecule has 0 heterocycles. The number of benzene rings is 1. The monoisotopic (exact) mass is 260 g/mol. The molecule has 1 aromatic carbocycles. The van der Waals surface area contributed by atoms with Gasteiger partial charge >= 0.3 is 5.97 Å². The molecule has 1 aromatic rings. The zero-order valence-electron chi connectivity index (χ0n) is 7.45. The summed E-state index contributed by atoms with van der Waals surface area (Å²) in [4.78, 5) is 11.2. The van der Waals surface area contributed by atoms with E-state index in [1.54, 1.807) is 6.92 Å². The first-order valence-corrected chi connectivity index (χ1v) is 4.74. The Morgan fingerprint density at radius 3 is 2.64 bits per heavy atom. The van der Waals surface area contributed by atoms with Crippen LogP contribution in [0.3, 0.4) is 0 Å². The Balaban J connectivity index is 3.06. The molecule has 0 amide bonds. The topological polar surface area (TPSA) is 66.8 Å². The van der Waals surface area contributed by atoms with Crippen LogP contribution in [-0.2, 0) is 4.74 Å². The smallest absolute Gasteiger partial charge is 0.338 e. The van der Waals surface area contributed by atoms with Crippen LogP contribution in [0.2, 0.25) is 0 Å². The molecular weight excluding hydrogens is 252 g/mol. The van der Waals surface area contributed by atoms with Gasteiger partial charge in [0.2, 0.25) is 0 Å². The third kappa shape index (κ3) is 2.17. The van der Waals surface area contributed by atoms with Crippen molar-refractivity contribution in [2.45, 2.75) is 6.92 Å². The number of hydrogen-bond donors (Lipinski definition) is 2. The molecule has 1 rings (SSSR count). The summed E-state index contributed by atoms with van der Waals surface area (Å²) in [6.07, 6.45) is 0. The van der Waals surface area contributed by atoms with Gasteiger partial charge in [0.1, 0.15) is 0 Å². The van der Waals surface area contributed by atoms with E-state index < -0.39 is 5.97 Å². The highest BCUT2D eigenvalue weighted by atomic mass is 79.9. The average molecular weight is 261 g/mol. The van der Waals surface area contributed by atoms with Crippen LogP contribution < -0.4 is 0 Å². The van der Waals surface area contributed by atoms with Crippen LogP contribution in [0.15, 0.2) is 16.6 Å². The summed E-state index contributed by atoms with van der Waals surface area (Å²) >= 11 is 3.00. The summed E-state index contributed by atoms with van der Waals surface area (Å²) in [5.41, 5.74) is 0.189. The van der Waals surface area contributed by atoms with Gasteiger partial charge in [-0.2, -0.15) is 0 Å². The summed E-state index contributed by atoms with van der Waals surface area (Å²) in [5.74, 6) is -1.19. The lowest BCUT2D eigenvalue weighted by atomic mass is 10.2. The molecule has 0 aromatic heterocycles. The number of rotatable bonds is 2. The fourth-order valence-corrected chi connectivity index (χ4v) is 1.37. The van der Waals surface area contributed by atoms with E-state index in [1.165, 1.54) is 6.07 Å². The zero-order chi connectivity index (χ0) is 10.7. The summed E-state index contributed by atoms with van der Waals surface area (Å²) in [7, 11) is 0. The number of carbonyl (C=O) groups is 1. The Morgan fingerprint density at radius 1 is 1.50 bits per heavy atom. The van der Waals surface area contributed by atoms with Crippen molar-refractivity contribution in [3.8, 4) is 11.5 Å². The molecule has 76 valence electrons. The molecule has 2 N–H and O–H groups in total. The van der Waals surface area contributed by atoms with Crippen LogP contribution in [0.25, 0.3) is 0 Å². The van der Waals surface area contributed by atoms with Crippen molar-refractivity contribution >= 4 is 21.9 Å². The molecule has 0 spiro atoms. The normalized spacial score (nSPS) is 9.86. The molecule has 0 unspecified atom stereocenters. The van der Waals surface area contributed by atoms with Gasteiger partial charge in [-0.15, -0.1) is 0 Å². The first-order valence-electron chi connectivity index (χ1n) is 3.94. The minimum absolute atomic E-state index is 0.189. The highest BCUT2D eigenvalue weighted by Gasteiger charge is 2.12. The van der Waals surface area contributed by atoms with Gasteiger partial charge in [0, 0.05) is 0 Å². The number of phenolic OH excluding ortho intramolecular Hbond substituents is 2. The summed E-state index contributed by atoms with van der Waals surface area (Å²) in [5, 5.41) is 18.4. The highest BCUT2D eigenvalue weighted by molar-refractivity contribution is 9.10. The molecule has 0 atom stereocenters. The number of esters is 1. The Kier molecular flexibility index (Phi) is 3.35. The summed E-state index contributed by atoms with van der Waals surface area (Å²) < 4.78 is 4.98. The maximum atomic E-state index is 11.2. The molecule has 0 fully saturated rings. The molecule has 0 saturated heterocycles. The van der Waals surface area contributed by atoms with Gasteiger partial charge in [0.25, 0.3) is 0 Å². The van der Waals surface area contributed by atoms with Crippen LogP contribution in [0, 0.1) is 0 Å². The van der Waals surface area contributed by atoms with E-state index in [-0.39, 0.29) is 28.1 Å². The maximum absolute atomic E-state index is 11.2. The van der Waals surface area contributed by atoms with Crippen molar-refractivity contribution in [1.82, 2.24) is 0 Å². The summed E-state index contributed by atoms with van der Waals surface area (Å²) in [6, 6.07) is 2.53. The van der Waals surface area contributed by atoms with E-state index in [1.807, 2.05) is 0 Å². The number of hydrogen-bond acceptors (Lipinski definition) is 4. The Bertz CT molecular complexity index is 339. The molecule has 14 heavy (non-hydrogen) atoms. The molecule has 5 heteroatoms. The lowest BCUT2D eigenvalue weighted by molar-refractivity contribution is 0.0526. The molecule has 0 aliphatic carbocycles. The zero-order valence-corrected chi connectivity index (χ0v) is 9.04. The van der Waals surface area contributed by atoms with E-state index in [0.717, 1.165) is 6.07 Å². The second kappa shape index (κ2) is 4.32. The molecular formula is C9H9BrO4. The van der Waals surface area contributed by atoms with Crippen molar-refractivity contribution < 1.29 is 19.7 Å². The van der Waals surface area contributed by atoms with E-state index in [9.17, 15) is 15.0 Å². The number of aromatic hydroxyl groups is 2. The predicted octanol–water partition coefficient (Wildman–Crippen LogP) is 2.04. The third-order valence-corrected chi connectivity index (χ3v) is 2.16. The Labute approximate surface area is 89.3 Å². The third-order valence-electron chi connectivity index (χ3n) is 1.55. The van der Waals surface area contributed by atoms with Gasteiger partial charge < -0.3 is 14.9 Å². The Hall–Kier alpha value is -1.23. The molecule has 0 aliphatic heterocycles. The van der Waals surface area contributed by atoms with Gasteiger partial charge in [0.05, 0.1) is 16.6 Å². The molecule has 0 saturated carbocycles. The van der Waals surface area contributed by atoms with Crippen molar-refractivity contribution in [2.75, 3.05) is 6.61 Å². The van der Waals surface area contributed by atoms with Crippen LogP contribution in [-0.4, -0.2) is 22.8 Å². The maximum Gasteiger partial charge on any atom is 0.338 e.